The lowest BCUT2D eigenvalue weighted by Gasteiger charge is -2.09. The third-order valence-electron chi connectivity index (χ3n) is 2.09. The fraction of sp³-hybridized carbons (Fsp3) is 0.500. The zero-order valence-electron chi connectivity index (χ0n) is 9.02. The highest BCUT2D eigenvalue weighted by atomic mass is 16.5. The first-order valence-electron chi connectivity index (χ1n) is 4.64. The molecule has 0 amide bonds. The molecule has 1 N–H and O–H groups in total. The molecule has 5 heteroatoms. The van der Waals surface area contributed by atoms with Gasteiger partial charge in [-0.05, 0) is 13.3 Å². The van der Waals surface area contributed by atoms with Gasteiger partial charge < -0.3 is 9.84 Å². The van der Waals surface area contributed by atoms with Crippen LogP contribution in [0, 0.1) is 12.8 Å². The molecule has 0 saturated heterocycles. The minimum Gasteiger partial charge on any atom is -0.481 e. The van der Waals surface area contributed by atoms with Crippen molar-refractivity contribution in [3.8, 4) is 5.88 Å². The monoisotopic (exact) mass is 210 g/mol. The van der Waals surface area contributed by atoms with Crippen molar-refractivity contribution >= 4 is 5.97 Å². The highest BCUT2D eigenvalue weighted by Crippen LogP contribution is 2.18. The number of ether oxygens (including phenoxy) is 1. The largest absolute Gasteiger partial charge is 0.481 e. The summed E-state index contributed by atoms with van der Waals surface area (Å²) < 4.78 is 5.06. The Hall–Kier alpha value is -1.65. The van der Waals surface area contributed by atoms with Crippen LogP contribution in [0.1, 0.15) is 18.3 Å². The maximum Gasteiger partial charge on any atom is 0.306 e. The number of carboxylic acid groups (broad SMARTS) is 1. The molecule has 0 aliphatic carbocycles. The molecular weight excluding hydrogens is 196 g/mol. The third kappa shape index (κ3) is 2.90. The second-order valence-electron chi connectivity index (χ2n) is 3.40. The van der Waals surface area contributed by atoms with E-state index in [1.807, 2.05) is 0 Å². The van der Waals surface area contributed by atoms with Crippen LogP contribution in [-0.2, 0) is 11.2 Å². The summed E-state index contributed by atoms with van der Waals surface area (Å²) in [6.45, 7) is 3.40. The average molecular weight is 210 g/mol. The minimum absolute atomic E-state index is 0.374. The number of carbonyl (C=O) groups is 1. The van der Waals surface area contributed by atoms with Gasteiger partial charge in [0.2, 0.25) is 5.88 Å². The first-order valence-corrected chi connectivity index (χ1v) is 4.64. The fourth-order valence-electron chi connectivity index (χ4n) is 1.21. The highest BCUT2D eigenvalue weighted by Gasteiger charge is 2.15. The van der Waals surface area contributed by atoms with Gasteiger partial charge in [-0.15, -0.1) is 0 Å². The Morgan fingerprint density at radius 1 is 1.67 bits per heavy atom. The first kappa shape index (κ1) is 11.4. The van der Waals surface area contributed by atoms with Crippen molar-refractivity contribution < 1.29 is 14.6 Å². The number of aryl methyl sites for hydroxylation is 1. The lowest BCUT2D eigenvalue weighted by atomic mass is 10.0. The van der Waals surface area contributed by atoms with Crippen molar-refractivity contribution in [1.29, 1.82) is 0 Å². The molecule has 0 bridgehead atoms. The Morgan fingerprint density at radius 3 is 2.87 bits per heavy atom. The maximum absolute atomic E-state index is 10.7. The quantitative estimate of drug-likeness (QED) is 0.804. The van der Waals surface area contributed by atoms with Crippen LogP contribution in [0.3, 0.4) is 0 Å². The van der Waals surface area contributed by atoms with Gasteiger partial charge in [0.15, 0.2) is 0 Å². The summed E-state index contributed by atoms with van der Waals surface area (Å²) in [5, 5.41) is 8.78. The molecule has 5 nitrogen and oxygen atoms in total. The maximum atomic E-state index is 10.7. The average Bonchev–Trinajstić information content (AvgIpc) is 2.20. The van der Waals surface area contributed by atoms with Crippen molar-refractivity contribution in [2.45, 2.75) is 20.3 Å². The van der Waals surface area contributed by atoms with E-state index in [0.29, 0.717) is 18.1 Å². The minimum atomic E-state index is -0.836. The van der Waals surface area contributed by atoms with Crippen molar-refractivity contribution in [1.82, 2.24) is 9.97 Å². The number of carboxylic acids is 1. The van der Waals surface area contributed by atoms with Crippen LogP contribution in [0.4, 0.5) is 0 Å². The molecule has 1 heterocycles. The molecule has 0 aliphatic heterocycles. The SMILES string of the molecule is COc1nc(C)ncc1CC(C)C(=O)O. The van der Waals surface area contributed by atoms with Gasteiger partial charge in [-0.25, -0.2) is 4.98 Å². The molecule has 1 aromatic heterocycles. The van der Waals surface area contributed by atoms with Gasteiger partial charge in [0, 0.05) is 11.8 Å². The molecule has 1 rings (SSSR count). The van der Waals surface area contributed by atoms with E-state index in [1.165, 1.54) is 7.11 Å². The van der Waals surface area contributed by atoms with Crippen LogP contribution in [0.2, 0.25) is 0 Å². The van der Waals surface area contributed by atoms with Gasteiger partial charge in [-0.3, -0.25) is 4.79 Å². The van der Waals surface area contributed by atoms with E-state index in [2.05, 4.69) is 9.97 Å². The summed E-state index contributed by atoms with van der Waals surface area (Å²) in [5.41, 5.74) is 0.720. The van der Waals surface area contributed by atoms with E-state index >= 15 is 0 Å². The van der Waals surface area contributed by atoms with Crippen molar-refractivity contribution in [3.05, 3.63) is 17.6 Å². The second kappa shape index (κ2) is 4.72. The van der Waals surface area contributed by atoms with Gasteiger partial charge in [-0.1, -0.05) is 6.92 Å². The van der Waals surface area contributed by atoms with E-state index in [4.69, 9.17) is 9.84 Å². The van der Waals surface area contributed by atoms with Crippen LogP contribution in [0.25, 0.3) is 0 Å². The lowest BCUT2D eigenvalue weighted by Crippen LogP contribution is -2.13. The Bertz CT molecular complexity index is 366. The summed E-state index contributed by atoms with van der Waals surface area (Å²) in [5.74, 6) is -0.239. The predicted octanol–water partition coefficient (Wildman–Crippen LogP) is 1.06. The fourth-order valence-corrected chi connectivity index (χ4v) is 1.21. The number of methoxy groups -OCH3 is 1. The van der Waals surface area contributed by atoms with E-state index in [1.54, 1.807) is 20.0 Å². The molecule has 1 unspecified atom stereocenters. The van der Waals surface area contributed by atoms with Crippen LogP contribution < -0.4 is 4.74 Å². The van der Waals surface area contributed by atoms with Crippen LogP contribution in [-0.4, -0.2) is 28.2 Å². The number of rotatable bonds is 4. The summed E-state index contributed by atoms with van der Waals surface area (Å²) in [4.78, 5) is 18.8. The predicted molar refractivity (Wildman–Crippen MR) is 53.8 cm³/mol. The number of nitrogens with zero attached hydrogens (tertiary/aromatic N) is 2. The zero-order chi connectivity index (χ0) is 11.4. The Morgan fingerprint density at radius 2 is 2.33 bits per heavy atom. The van der Waals surface area contributed by atoms with Crippen LogP contribution >= 0.6 is 0 Å². The highest BCUT2D eigenvalue weighted by molar-refractivity contribution is 5.70. The van der Waals surface area contributed by atoms with Crippen molar-refractivity contribution in [2.75, 3.05) is 7.11 Å². The molecule has 1 atom stereocenters. The molecule has 0 aromatic carbocycles. The third-order valence-corrected chi connectivity index (χ3v) is 2.09. The summed E-state index contributed by atoms with van der Waals surface area (Å²) in [7, 11) is 1.51. The standard InChI is InChI=1S/C10H14N2O3/c1-6(10(13)14)4-8-5-11-7(2)12-9(8)15-3/h5-6H,4H2,1-3H3,(H,13,14). The summed E-state index contributed by atoms with van der Waals surface area (Å²) in [6.07, 6.45) is 1.99. The Kier molecular flexibility index (Phi) is 3.60. The molecule has 0 radical (unpaired) electrons. The van der Waals surface area contributed by atoms with E-state index in [9.17, 15) is 4.79 Å². The number of hydrogen-bond acceptors (Lipinski definition) is 4. The van der Waals surface area contributed by atoms with Gasteiger partial charge in [0.25, 0.3) is 0 Å². The number of aromatic nitrogens is 2. The number of hydrogen-bond donors (Lipinski definition) is 1. The molecule has 82 valence electrons. The van der Waals surface area contributed by atoms with Gasteiger partial charge >= 0.3 is 5.97 Å². The summed E-state index contributed by atoms with van der Waals surface area (Å²) >= 11 is 0. The molecule has 0 fully saturated rings. The molecule has 15 heavy (non-hydrogen) atoms. The van der Waals surface area contributed by atoms with Crippen LogP contribution in [0.15, 0.2) is 6.20 Å². The molecular formula is C10H14N2O3. The normalized spacial score (nSPS) is 12.2. The van der Waals surface area contributed by atoms with Gasteiger partial charge in [-0.2, -0.15) is 4.98 Å². The first-order chi connectivity index (χ1) is 7.04. The van der Waals surface area contributed by atoms with Crippen molar-refractivity contribution in [3.63, 3.8) is 0 Å². The molecule has 0 saturated carbocycles. The smallest absolute Gasteiger partial charge is 0.306 e. The van der Waals surface area contributed by atoms with Crippen molar-refractivity contribution in [2.24, 2.45) is 5.92 Å². The molecule has 0 spiro atoms. The van der Waals surface area contributed by atoms with Gasteiger partial charge in [0.05, 0.1) is 13.0 Å². The zero-order valence-corrected chi connectivity index (χ0v) is 9.02. The lowest BCUT2D eigenvalue weighted by molar-refractivity contribution is -0.141. The topological polar surface area (TPSA) is 72.3 Å². The molecule has 1 aromatic rings. The molecule has 0 aliphatic rings. The number of aliphatic carboxylic acids is 1. The van der Waals surface area contributed by atoms with Gasteiger partial charge in [0.1, 0.15) is 5.82 Å². The Balaban J connectivity index is 2.89. The summed E-state index contributed by atoms with van der Waals surface area (Å²) in [6, 6.07) is 0. The van der Waals surface area contributed by atoms with Crippen LogP contribution in [0.5, 0.6) is 5.88 Å². The van der Waals surface area contributed by atoms with E-state index in [0.717, 1.165) is 5.56 Å². The van der Waals surface area contributed by atoms with E-state index < -0.39 is 11.9 Å². The second-order valence-corrected chi connectivity index (χ2v) is 3.40. The van der Waals surface area contributed by atoms with E-state index in [-0.39, 0.29) is 0 Å². The Labute approximate surface area is 88.1 Å².